The Morgan fingerprint density at radius 1 is 0.774 bits per heavy atom. The van der Waals surface area contributed by atoms with E-state index < -0.39 is 5.97 Å². The number of pyridine rings is 2. The van der Waals surface area contributed by atoms with Crippen LogP contribution in [-0.2, 0) is 18.8 Å². The van der Waals surface area contributed by atoms with Gasteiger partial charge in [-0.1, -0.05) is 63.4 Å². The summed E-state index contributed by atoms with van der Waals surface area (Å²) in [6, 6.07) is 23.1. The smallest absolute Gasteiger partial charge is 0.337 e. The summed E-state index contributed by atoms with van der Waals surface area (Å²) in [4.78, 5) is 20.8. The van der Waals surface area contributed by atoms with Crippen LogP contribution < -0.4 is 10.6 Å². The lowest BCUT2D eigenvalue weighted by Gasteiger charge is -2.18. The molecule has 0 radical (unpaired) electrons. The van der Waals surface area contributed by atoms with Crippen LogP contribution in [0.2, 0.25) is 10.0 Å². The lowest BCUT2D eigenvalue weighted by molar-refractivity contribution is 0.0600. The number of hydrogen-bond donors (Lipinski definition) is 2. The number of methoxy groups -OCH3 is 1. The van der Waals surface area contributed by atoms with Gasteiger partial charge in [0, 0.05) is 76.7 Å². The van der Waals surface area contributed by atoms with Gasteiger partial charge < -0.3 is 15.4 Å². The number of esters is 1. The molecule has 0 fully saturated rings. The summed E-state index contributed by atoms with van der Waals surface area (Å²) in [5, 5.41) is 17.8. The van der Waals surface area contributed by atoms with Gasteiger partial charge in [-0.05, 0) is 59.7 Å². The fourth-order valence-electron chi connectivity index (χ4n) is 6.43. The van der Waals surface area contributed by atoms with Crippen molar-refractivity contribution in [2.24, 2.45) is 14.1 Å². The number of aryl methyl sites for hydroxylation is 2. The van der Waals surface area contributed by atoms with Crippen LogP contribution in [0.1, 0.15) is 43.1 Å². The van der Waals surface area contributed by atoms with Crippen LogP contribution >= 0.6 is 62.7 Å². The molecule has 15 heteroatoms. The normalized spacial score (nSPS) is 16.4. The van der Waals surface area contributed by atoms with Gasteiger partial charge >= 0.3 is 5.97 Å². The average molecular weight is 851 g/mol. The fourth-order valence-corrected chi connectivity index (χ4v) is 10.1. The predicted molar refractivity (Wildman–Crippen MR) is 220 cm³/mol. The van der Waals surface area contributed by atoms with Crippen LogP contribution in [0.15, 0.2) is 89.7 Å². The molecule has 6 heterocycles. The molecule has 6 aromatic rings. The van der Waals surface area contributed by atoms with Gasteiger partial charge in [0.05, 0.1) is 34.6 Å². The minimum absolute atomic E-state index is 0.0325. The molecule has 8 rings (SSSR count). The number of hydrogen-bond acceptors (Lipinski definition) is 10. The third-order valence-corrected chi connectivity index (χ3v) is 12.5. The number of nitrogens with one attached hydrogen (secondary N) is 2. The van der Waals surface area contributed by atoms with Crippen molar-refractivity contribution in [3.8, 4) is 22.8 Å². The predicted octanol–water partition coefficient (Wildman–Crippen LogP) is 9.32. The van der Waals surface area contributed by atoms with Crippen LogP contribution in [0.3, 0.4) is 0 Å². The average Bonchev–Trinajstić information content (AvgIpc) is 3.45. The van der Waals surface area contributed by atoms with E-state index in [-0.39, 0.29) is 10.5 Å². The van der Waals surface area contributed by atoms with Gasteiger partial charge in [0.1, 0.15) is 23.0 Å². The molecule has 2 N–H and O–H groups in total. The van der Waals surface area contributed by atoms with E-state index in [2.05, 4.69) is 42.6 Å². The molecule has 2 atom stereocenters. The van der Waals surface area contributed by atoms with Crippen molar-refractivity contribution < 1.29 is 9.53 Å². The van der Waals surface area contributed by atoms with Gasteiger partial charge in [-0.2, -0.15) is 10.2 Å². The molecule has 10 nitrogen and oxygen atoms in total. The van der Waals surface area contributed by atoms with Crippen LogP contribution in [0.4, 0.5) is 11.6 Å². The Bertz CT molecular complexity index is 2250. The molecular weight excluding hydrogens is 815 g/mol. The Kier molecular flexibility index (Phi) is 11.7. The number of carbonyl (C=O) groups excluding carboxylic acids is 1. The van der Waals surface area contributed by atoms with Gasteiger partial charge in [0.25, 0.3) is 0 Å². The Morgan fingerprint density at radius 2 is 1.28 bits per heavy atom. The van der Waals surface area contributed by atoms with Crippen molar-refractivity contribution in [1.29, 1.82) is 0 Å². The second-order valence-corrected chi connectivity index (χ2v) is 16.3. The van der Waals surface area contributed by atoms with E-state index in [0.29, 0.717) is 10.6 Å². The van der Waals surface area contributed by atoms with E-state index in [1.807, 2.05) is 89.8 Å². The first-order valence-electron chi connectivity index (χ1n) is 16.7. The fraction of sp³-hybridized carbons (Fsp3) is 0.237. The molecule has 53 heavy (non-hydrogen) atoms. The summed E-state index contributed by atoms with van der Waals surface area (Å²) in [6.07, 6.45) is 3.57. The number of carbonyl (C=O) groups is 1. The molecule has 2 aliphatic heterocycles. The molecule has 4 aromatic heterocycles. The molecule has 0 aliphatic carbocycles. The van der Waals surface area contributed by atoms with Gasteiger partial charge in [0.2, 0.25) is 0 Å². The summed E-state index contributed by atoms with van der Waals surface area (Å²) in [7, 11) is 5.25. The van der Waals surface area contributed by atoms with E-state index in [0.717, 1.165) is 90.8 Å². The van der Waals surface area contributed by atoms with Crippen molar-refractivity contribution in [3.05, 3.63) is 128 Å². The largest absolute Gasteiger partial charge is 0.465 e. The van der Waals surface area contributed by atoms with E-state index >= 15 is 0 Å². The van der Waals surface area contributed by atoms with Crippen LogP contribution in [0.5, 0.6) is 0 Å². The molecule has 0 saturated heterocycles. The summed E-state index contributed by atoms with van der Waals surface area (Å²) in [6.45, 7) is 1.72. The van der Waals surface area contributed by atoms with Gasteiger partial charge in [0.15, 0.2) is 0 Å². The molecular formula is C38H35BrCl2N8O2S2. The zero-order valence-corrected chi connectivity index (χ0v) is 33.7. The minimum atomic E-state index is -0.403. The topological polar surface area (TPSA) is 112 Å². The number of nitrogens with zero attached hydrogens (tertiary/aromatic N) is 6. The van der Waals surface area contributed by atoms with Crippen molar-refractivity contribution in [2.75, 3.05) is 42.3 Å². The van der Waals surface area contributed by atoms with E-state index in [1.54, 1.807) is 36.3 Å². The maximum atomic E-state index is 11.8. The van der Waals surface area contributed by atoms with Gasteiger partial charge in [-0.15, -0.1) is 23.5 Å². The monoisotopic (exact) mass is 848 g/mol. The third kappa shape index (κ3) is 7.81. The maximum absolute atomic E-state index is 11.8. The number of benzene rings is 2. The Hall–Kier alpha value is -4.01. The molecule has 2 aromatic carbocycles. The van der Waals surface area contributed by atoms with Crippen LogP contribution in [0, 0.1) is 0 Å². The summed E-state index contributed by atoms with van der Waals surface area (Å²) >= 11 is 20.3. The maximum Gasteiger partial charge on any atom is 0.337 e. The van der Waals surface area contributed by atoms with E-state index in [4.69, 9.17) is 38.1 Å². The summed E-state index contributed by atoms with van der Waals surface area (Å²) in [5.74, 6) is 3.50. The molecule has 2 aliphatic rings. The molecule has 2 unspecified atom stereocenters. The standard InChI is InChI=1S/C20H19ClN4O2S.C18H16BrClN4S/c1-25-19-16(17(24-25)15-5-3-4-8-22-15)18(28-10-9-23-19)13-7-6-12(11-14(13)21)20(26)27-2;1-24-18-15(16(23-24)14-4-2-3-7-21-14)17(25-9-8-22-18)12-6-5-11(19)10-13(12)20/h3-8,11,18,23H,9-10H2,1-2H3;2-7,10,17,22H,8-9H2,1H3. The highest BCUT2D eigenvalue weighted by Gasteiger charge is 2.32. The first-order valence-corrected chi connectivity index (χ1v) is 20.4. The SMILES string of the molecule is COC(=O)c1ccc(C2SCCNc3c2c(-c2ccccn2)nn3C)c(Cl)c1.Cn1nc(-c2ccccn2)c2c1NCCSC2c1ccc(Br)cc1Cl. The molecule has 0 amide bonds. The second kappa shape index (κ2) is 16.6. The zero-order chi connectivity index (χ0) is 37.1. The van der Waals surface area contributed by atoms with Crippen molar-refractivity contribution in [2.45, 2.75) is 10.5 Å². The summed E-state index contributed by atoms with van der Waals surface area (Å²) in [5.41, 5.74) is 8.10. The summed E-state index contributed by atoms with van der Waals surface area (Å²) < 4.78 is 9.54. The molecule has 0 spiro atoms. The highest BCUT2D eigenvalue weighted by molar-refractivity contribution is 9.10. The second-order valence-electron chi connectivity index (χ2n) is 12.1. The van der Waals surface area contributed by atoms with Gasteiger partial charge in [-0.3, -0.25) is 19.3 Å². The van der Waals surface area contributed by atoms with Crippen LogP contribution in [0.25, 0.3) is 22.8 Å². The molecule has 0 bridgehead atoms. The number of thioether (sulfide) groups is 2. The Morgan fingerprint density at radius 3 is 1.74 bits per heavy atom. The van der Waals surface area contributed by atoms with Crippen molar-refractivity contribution in [3.63, 3.8) is 0 Å². The van der Waals surface area contributed by atoms with Crippen molar-refractivity contribution in [1.82, 2.24) is 29.5 Å². The number of rotatable bonds is 5. The van der Waals surface area contributed by atoms with Crippen LogP contribution in [-0.4, -0.2) is 67.2 Å². The number of anilines is 2. The highest BCUT2D eigenvalue weighted by atomic mass is 79.9. The first kappa shape index (κ1) is 37.3. The number of ether oxygens (including phenoxy) is 1. The lowest BCUT2D eigenvalue weighted by atomic mass is 10.0. The highest BCUT2D eigenvalue weighted by Crippen LogP contribution is 2.49. The first-order chi connectivity index (χ1) is 25.7. The van der Waals surface area contributed by atoms with Crippen molar-refractivity contribution >= 4 is 80.3 Å². The lowest BCUT2D eigenvalue weighted by Crippen LogP contribution is -2.06. The minimum Gasteiger partial charge on any atom is -0.465 e. The zero-order valence-electron chi connectivity index (χ0n) is 29.0. The number of fused-ring (bicyclic) bond motifs is 2. The van der Waals surface area contributed by atoms with Gasteiger partial charge in [-0.25, -0.2) is 4.79 Å². The quantitative estimate of drug-likeness (QED) is 0.163. The Balaban J connectivity index is 0.000000165. The molecule has 0 saturated carbocycles. The van der Waals surface area contributed by atoms with E-state index in [9.17, 15) is 4.79 Å². The third-order valence-electron chi connectivity index (χ3n) is 8.81. The Labute approximate surface area is 334 Å². The number of halogens is 3. The number of aromatic nitrogens is 6. The molecule has 272 valence electrons. The van der Waals surface area contributed by atoms with E-state index in [1.165, 1.54) is 7.11 Å².